The third-order valence-corrected chi connectivity index (χ3v) is 11.8. The second kappa shape index (κ2) is 15.1. The van der Waals surface area contributed by atoms with E-state index in [1.807, 2.05) is 0 Å². The number of aromatic nitrogens is 1. The second-order valence-corrected chi connectivity index (χ2v) is 15.3. The molecule has 1 aromatic heterocycles. The van der Waals surface area contributed by atoms with Crippen molar-refractivity contribution in [3.63, 3.8) is 0 Å². The Hall–Kier alpha value is -7.94. The highest BCUT2D eigenvalue weighted by Crippen LogP contribution is 2.46. The fraction of sp³-hybridized carbons (Fsp3) is 0. The molecule has 11 aromatic rings. The van der Waals surface area contributed by atoms with E-state index in [0.717, 1.165) is 33.8 Å². The fourth-order valence-electron chi connectivity index (χ4n) is 8.97. The van der Waals surface area contributed by atoms with Gasteiger partial charge in [-0.1, -0.05) is 200 Å². The minimum atomic E-state index is 1.08. The molecule has 0 amide bonds. The minimum Gasteiger partial charge on any atom is -0.309 e. The molecular formula is C58H40N2. The molecule has 60 heavy (non-hydrogen) atoms. The molecule has 0 saturated carbocycles. The van der Waals surface area contributed by atoms with Crippen LogP contribution in [0.2, 0.25) is 0 Å². The summed E-state index contributed by atoms with van der Waals surface area (Å²) in [6, 6.07) is 88.0. The Morgan fingerprint density at radius 2 is 0.817 bits per heavy atom. The predicted octanol–water partition coefficient (Wildman–Crippen LogP) is 16.1. The van der Waals surface area contributed by atoms with Crippen LogP contribution in [0, 0.1) is 0 Å². The van der Waals surface area contributed by atoms with Crippen molar-refractivity contribution < 1.29 is 0 Å². The van der Waals surface area contributed by atoms with Crippen LogP contribution in [0.5, 0.6) is 0 Å². The highest BCUT2D eigenvalue weighted by molar-refractivity contribution is 6.11. The number of benzene rings is 10. The van der Waals surface area contributed by atoms with Gasteiger partial charge in [0.25, 0.3) is 0 Å². The number of para-hydroxylation sites is 1. The first kappa shape index (κ1) is 35.2. The second-order valence-electron chi connectivity index (χ2n) is 15.3. The third-order valence-electron chi connectivity index (χ3n) is 11.8. The summed E-state index contributed by atoms with van der Waals surface area (Å²) < 4.78 is 2.43. The Balaban J connectivity index is 1.14. The van der Waals surface area contributed by atoms with E-state index in [2.05, 4.69) is 252 Å². The Labute approximate surface area is 350 Å². The number of hydrogen-bond acceptors (Lipinski definition) is 1. The van der Waals surface area contributed by atoms with Crippen molar-refractivity contribution >= 4 is 49.6 Å². The van der Waals surface area contributed by atoms with Gasteiger partial charge in [0.15, 0.2) is 0 Å². The highest BCUT2D eigenvalue weighted by Gasteiger charge is 2.22. The summed E-state index contributed by atoms with van der Waals surface area (Å²) in [5.74, 6) is 0. The molecule has 0 fully saturated rings. The topological polar surface area (TPSA) is 8.17 Å². The van der Waals surface area contributed by atoms with Crippen LogP contribution >= 0.6 is 0 Å². The van der Waals surface area contributed by atoms with E-state index in [-0.39, 0.29) is 0 Å². The minimum absolute atomic E-state index is 1.08. The monoisotopic (exact) mass is 764 g/mol. The molecule has 11 rings (SSSR count). The van der Waals surface area contributed by atoms with Gasteiger partial charge in [0.05, 0.1) is 22.4 Å². The molecule has 2 heteroatoms. The van der Waals surface area contributed by atoms with Gasteiger partial charge in [-0.3, -0.25) is 0 Å². The van der Waals surface area contributed by atoms with Gasteiger partial charge in [-0.15, -0.1) is 0 Å². The molecule has 0 radical (unpaired) electrons. The first-order valence-corrected chi connectivity index (χ1v) is 20.6. The summed E-state index contributed by atoms with van der Waals surface area (Å²) in [6.45, 7) is 0. The van der Waals surface area contributed by atoms with Crippen molar-refractivity contribution in [1.82, 2.24) is 4.57 Å². The van der Waals surface area contributed by atoms with Gasteiger partial charge >= 0.3 is 0 Å². The zero-order valence-corrected chi connectivity index (χ0v) is 33.0. The molecule has 0 saturated heterocycles. The van der Waals surface area contributed by atoms with Crippen LogP contribution in [0.3, 0.4) is 0 Å². The number of rotatable bonds is 8. The SMILES string of the molecule is c1ccc(-c2ccc(-c3ccccc3)c(N(c3ccc4c5ccccc5n(-c5ccc(-c6ccccc6-c6ccccc6)cc5)c4c3)c3cccc4ccccc34)c2)cc1. The maximum atomic E-state index is 2.47. The van der Waals surface area contributed by atoms with Crippen LogP contribution in [0.1, 0.15) is 0 Å². The van der Waals surface area contributed by atoms with Crippen molar-refractivity contribution in [3.05, 3.63) is 243 Å². The highest BCUT2D eigenvalue weighted by atomic mass is 15.1. The number of fused-ring (bicyclic) bond motifs is 4. The van der Waals surface area contributed by atoms with Crippen molar-refractivity contribution in [2.45, 2.75) is 0 Å². The Morgan fingerprint density at radius 3 is 1.53 bits per heavy atom. The maximum Gasteiger partial charge on any atom is 0.0561 e. The van der Waals surface area contributed by atoms with E-state index < -0.39 is 0 Å². The number of hydrogen-bond donors (Lipinski definition) is 0. The summed E-state index contributed by atoms with van der Waals surface area (Å²) in [6.07, 6.45) is 0. The summed E-state index contributed by atoms with van der Waals surface area (Å²) >= 11 is 0. The predicted molar refractivity (Wildman–Crippen MR) is 255 cm³/mol. The van der Waals surface area contributed by atoms with Gasteiger partial charge in [-0.25, -0.2) is 0 Å². The summed E-state index contributed by atoms with van der Waals surface area (Å²) in [5.41, 5.74) is 16.3. The molecule has 0 bridgehead atoms. The zero-order valence-electron chi connectivity index (χ0n) is 33.0. The molecule has 0 unspecified atom stereocenters. The van der Waals surface area contributed by atoms with Crippen LogP contribution in [0.15, 0.2) is 243 Å². The molecule has 0 aliphatic rings. The lowest BCUT2D eigenvalue weighted by molar-refractivity contribution is 1.18. The first-order valence-electron chi connectivity index (χ1n) is 20.6. The average Bonchev–Trinajstić information content (AvgIpc) is 3.66. The first-order chi connectivity index (χ1) is 29.8. The Kier molecular flexibility index (Phi) is 8.87. The lowest BCUT2D eigenvalue weighted by Crippen LogP contribution is -2.12. The van der Waals surface area contributed by atoms with Crippen molar-refractivity contribution in [1.29, 1.82) is 0 Å². The van der Waals surface area contributed by atoms with Crippen molar-refractivity contribution in [2.75, 3.05) is 4.90 Å². The number of anilines is 3. The lowest BCUT2D eigenvalue weighted by atomic mass is 9.94. The fourth-order valence-corrected chi connectivity index (χ4v) is 8.97. The van der Waals surface area contributed by atoms with Gasteiger partial charge in [-0.2, -0.15) is 0 Å². The van der Waals surface area contributed by atoms with Gasteiger partial charge in [0.2, 0.25) is 0 Å². The van der Waals surface area contributed by atoms with E-state index in [1.54, 1.807) is 0 Å². The molecule has 0 N–H and O–H groups in total. The average molecular weight is 765 g/mol. The molecule has 0 aliphatic heterocycles. The Bertz CT molecular complexity index is 3290. The smallest absolute Gasteiger partial charge is 0.0561 e. The molecule has 0 spiro atoms. The molecule has 1 heterocycles. The van der Waals surface area contributed by atoms with Crippen LogP contribution in [0.4, 0.5) is 17.1 Å². The quantitative estimate of drug-likeness (QED) is 0.150. The molecule has 0 aliphatic carbocycles. The van der Waals surface area contributed by atoms with Crippen LogP contribution in [-0.2, 0) is 0 Å². The van der Waals surface area contributed by atoms with Gasteiger partial charge < -0.3 is 9.47 Å². The van der Waals surface area contributed by atoms with Gasteiger partial charge in [-0.05, 0) is 86.8 Å². The van der Waals surface area contributed by atoms with E-state index in [4.69, 9.17) is 0 Å². The van der Waals surface area contributed by atoms with E-state index in [0.29, 0.717) is 0 Å². The molecule has 0 atom stereocenters. The van der Waals surface area contributed by atoms with Crippen LogP contribution in [0.25, 0.3) is 82.8 Å². The van der Waals surface area contributed by atoms with Crippen LogP contribution in [-0.4, -0.2) is 4.57 Å². The molecule has 10 aromatic carbocycles. The van der Waals surface area contributed by atoms with Crippen molar-refractivity contribution in [2.24, 2.45) is 0 Å². The summed E-state index contributed by atoms with van der Waals surface area (Å²) in [7, 11) is 0. The van der Waals surface area contributed by atoms with Gasteiger partial charge in [0, 0.05) is 33.1 Å². The van der Waals surface area contributed by atoms with Crippen molar-refractivity contribution in [3.8, 4) is 50.2 Å². The van der Waals surface area contributed by atoms with Gasteiger partial charge in [0.1, 0.15) is 0 Å². The number of nitrogens with zero attached hydrogens (tertiary/aromatic N) is 2. The van der Waals surface area contributed by atoms with Crippen LogP contribution < -0.4 is 4.90 Å². The Morgan fingerprint density at radius 1 is 0.283 bits per heavy atom. The molecule has 282 valence electrons. The van der Waals surface area contributed by atoms with E-state index in [9.17, 15) is 0 Å². The largest absolute Gasteiger partial charge is 0.309 e. The standard InChI is InChI=1S/C58H40N2/c1-4-17-41(18-5-1)46-33-37-52(43-21-8-3-9-22-43)57(39-46)60(55-30-16-24-44-23-10-11-27-51(44)55)48-36-38-54-53-28-14-15-29-56(53)59(58(54)40-48)47-34-31-45(32-35-47)50-26-13-12-25-49(50)42-19-6-2-7-20-42/h1-40H. The van der Waals surface area contributed by atoms with E-state index >= 15 is 0 Å². The third kappa shape index (κ3) is 6.23. The molecular weight excluding hydrogens is 725 g/mol. The zero-order chi connectivity index (χ0) is 39.8. The lowest BCUT2D eigenvalue weighted by Gasteiger charge is -2.30. The summed E-state index contributed by atoms with van der Waals surface area (Å²) in [4.78, 5) is 2.47. The molecule has 2 nitrogen and oxygen atoms in total. The maximum absolute atomic E-state index is 2.47. The van der Waals surface area contributed by atoms with E-state index in [1.165, 1.54) is 66.0 Å². The normalized spacial score (nSPS) is 11.3. The summed E-state index contributed by atoms with van der Waals surface area (Å²) in [5, 5.41) is 4.83.